The van der Waals surface area contributed by atoms with E-state index >= 15 is 0 Å². The fourth-order valence-corrected chi connectivity index (χ4v) is 14.2. The molecule has 2 spiro atoms. The highest BCUT2D eigenvalue weighted by molar-refractivity contribution is 6.09. The summed E-state index contributed by atoms with van der Waals surface area (Å²) in [6.45, 7) is 0. The number of nitrogens with zero attached hydrogens (tertiary/aromatic N) is 3. The monoisotopic (exact) mass is 887 g/mol. The molecule has 16 rings (SSSR count). The summed E-state index contributed by atoms with van der Waals surface area (Å²) in [4.78, 5) is 10.8. The predicted octanol–water partition coefficient (Wildman–Crippen LogP) is 15.0. The Kier molecular flexibility index (Phi) is 7.41. The van der Waals surface area contributed by atoms with Gasteiger partial charge >= 0.3 is 0 Å². The molecule has 3 heteroatoms. The van der Waals surface area contributed by atoms with E-state index in [-0.39, 0.29) is 0 Å². The topological polar surface area (TPSA) is 30.7 Å². The Morgan fingerprint density at radius 2 is 0.729 bits per heavy atom. The molecule has 0 saturated carbocycles. The third-order valence-electron chi connectivity index (χ3n) is 16.6. The van der Waals surface area contributed by atoms with Crippen LogP contribution < -0.4 is 0 Å². The lowest BCUT2D eigenvalue weighted by atomic mass is 9.51. The van der Waals surface area contributed by atoms with E-state index in [1.54, 1.807) is 0 Å². The molecule has 0 fully saturated rings. The van der Waals surface area contributed by atoms with Crippen molar-refractivity contribution in [2.24, 2.45) is 0 Å². The largest absolute Gasteiger partial charge is 0.308 e. The lowest BCUT2D eigenvalue weighted by Crippen LogP contribution is -2.45. The van der Waals surface area contributed by atoms with Gasteiger partial charge in [0.15, 0.2) is 0 Å². The molecule has 324 valence electrons. The minimum Gasteiger partial charge on any atom is -0.308 e. The van der Waals surface area contributed by atoms with E-state index < -0.39 is 16.2 Å². The summed E-state index contributed by atoms with van der Waals surface area (Å²) in [7, 11) is 0. The molecule has 4 aliphatic carbocycles. The predicted molar refractivity (Wildman–Crippen MR) is 282 cm³/mol. The lowest BCUT2D eigenvalue weighted by Gasteiger charge is -2.50. The molecule has 0 N–H and O–H groups in total. The maximum Gasteiger partial charge on any atom is 0.0939 e. The third kappa shape index (κ3) is 4.39. The SMILES string of the molecule is c1ccc(C2(c3ccccc3)c3ccccc3C3(c4cc5c(cc42)C2(c4ccccc4-c4ccccc42)c2ccccc2-5)c2cccnc2-c2ncc(-n4c5ccccc5c5ccccc54)cc23)cc1. The summed E-state index contributed by atoms with van der Waals surface area (Å²) in [6.07, 6.45) is 4.01. The minimum absolute atomic E-state index is 0.546. The number of fused-ring (bicyclic) bond motifs is 22. The van der Waals surface area contributed by atoms with Crippen molar-refractivity contribution in [1.82, 2.24) is 14.5 Å². The van der Waals surface area contributed by atoms with Gasteiger partial charge in [-0.2, -0.15) is 0 Å². The molecule has 3 nitrogen and oxygen atoms in total. The molecule has 4 aliphatic rings. The van der Waals surface area contributed by atoms with Gasteiger partial charge in [0, 0.05) is 22.5 Å². The van der Waals surface area contributed by atoms with Gasteiger partial charge in [-0.3, -0.25) is 9.97 Å². The van der Waals surface area contributed by atoms with Gasteiger partial charge in [0.25, 0.3) is 0 Å². The van der Waals surface area contributed by atoms with Crippen molar-refractivity contribution in [3.8, 4) is 39.3 Å². The fourth-order valence-electron chi connectivity index (χ4n) is 14.2. The minimum atomic E-state index is -0.815. The highest BCUT2D eigenvalue weighted by Gasteiger charge is 2.60. The number of para-hydroxylation sites is 2. The van der Waals surface area contributed by atoms with E-state index in [1.165, 1.54) is 88.7 Å². The van der Waals surface area contributed by atoms with Crippen LogP contribution in [0.1, 0.15) is 66.8 Å². The second-order valence-electron chi connectivity index (χ2n) is 19.5. The van der Waals surface area contributed by atoms with Gasteiger partial charge < -0.3 is 4.57 Å². The number of benzene rings is 9. The van der Waals surface area contributed by atoms with Crippen molar-refractivity contribution in [2.75, 3.05) is 0 Å². The summed E-state index contributed by atoms with van der Waals surface area (Å²) < 4.78 is 2.41. The first-order valence-electron chi connectivity index (χ1n) is 24.4. The van der Waals surface area contributed by atoms with Crippen LogP contribution in [0.25, 0.3) is 61.1 Å². The number of hydrogen-bond donors (Lipinski definition) is 0. The van der Waals surface area contributed by atoms with E-state index in [4.69, 9.17) is 9.97 Å². The second-order valence-corrected chi connectivity index (χ2v) is 19.5. The molecule has 3 aromatic heterocycles. The molecule has 0 amide bonds. The van der Waals surface area contributed by atoms with Crippen molar-refractivity contribution in [3.63, 3.8) is 0 Å². The van der Waals surface area contributed by atoms with Crippen LogP contribution >= 0.6 is 0 Å². The van der Waals surface area contributed by atoms with Gasteiger partial charge in [-0.15, -0.1) is 0 Å². The van der Waals surface area contributed by atoms with Crippen molar-refractivity contribution >= 4 is 21.8 Å². The first-order valence-corrected chi connectivity index (χ1v) is 24.4. The van der Waals surface area contributed by atoms with Crippen molar-refractivity contribution in [3.05, 3.63) is 316 Å². The number of pyridine rings is 2. The van der Waals surface area contributed by atoms with Crippen LogP contribution in [0.5, 0.6) is 0 Å². The zero-order chi connectivity index (χ0) is 45.8. The number of aromatic nitrogens is 3. The van der Waals surface area contributed by atoms with Gasteiger partial charge in [0.1, 0.15) is 0 Å². The molecule has 0 bridgehead atoms. The molecule has 12 aromatic rings. The molecule has 1 atom stereocenters. The molecule has 70 heavy (non-hydrogen) atoms. The van der Waals surface area contributed by atoms with Crippen molar-refractivity contribution in [2.45, 2.75) is 16.2 Å². The van der Waals surface area contributed by atoms with Crippen LogP contribution in [-0.4, -0.2) is 14.5 Å². The molecule has 0 saturated heterocycles. The Bertz CT molecular complexity index is 4060. The van der Waals surface area contributed by atoms with E-state index in [2.05, 4.69) is 247 Å². The van der Waals surface area contributed by atoms with E-state index in [0.29, 0.717) is 0 Å². The average Bonchev–Trinajstić information content (AvgIpc) is 4.12. The van der Waals surface area contributed by atoms with Crippen LogP contribution in [0.4, 0.5) is 0 Å². The van der Waals surface area contributed by atoms with Crippen LogP contribution in [0.3, 0.4) is 0 Å². The quantitative estimate of drug-likeness (QED) is 0.177. The summed E-state index contributed by atoms with van der Waals surface area (Å²) in [5.74, 6) is 0. The smallest absolute Gasteiger partial charge is 0.0939 e. The van der Waals surface area contributed by atoms with Gasteiger partial charge in [-0.1, -0.05) is 206 Å². The van der Waals surface area contributed by atoms with Crippen LogP contribution in [0, 0.1) is 0 Å². The molecular weight excluding hydrogens is 847 g/mol. The zero-order valence-electron chi connectivity index (χ0n) is 38.0. The van der Waals surface area contributed by atoms with E-state index in [9.17, 15) is 0 Å². The molecule has 0 aliphatic heterocycles. The normalized spacial score (nSPS) is 16.6. The maximum atomic E-state index is 5.55. The van der Waals surface area contributed by atoms with Gasteiger partial charge in [-0.25, -0.2) is 0 Å². The molecule has 3 heterocycles. The summed E-state index contributed by atoms with van der Waals surface area (Å²) in [5, 5.41) is 2.45. The molecule has 0 radical (unpaired) electrons. The zero-order valence-corrected chi connectivity index (χ0v) is 38.0. The third-order valence-corrected chi connectivity index (χ3v) is 16.6. The lowest BCUT2D eigenvalue weighted by molar-refractivity contribution is 0.620. The summed E-state index contributed by atoms with van der Waals surface area (Å²) >= 11 is 0. The van der Waals surface area contributed by atoms with Gasteiger partial charge in [0.2, 0.25) is 0 Å². The number of rotatable bonds is 3. The fraction of sp³-hybridized carbons (Fsp3) is 0.0448. The Balaban J connectivity index is 1.12. The molecule has 9 aromatic carbocycles. The summed E-state index contributed by atoms with van der Waals surface area (Å²) in [5.41, 5.74) is 23.3. The average molecular weight is 888 g/mol. The highest BCUT2D eigenvalue weighted by atomic mass is 15.0. The van der Waals surface area contributed by atoms with Crippen LogP contribution in [0.2, 0.25) is 0 Å². The van der Waals surface area contributed by atoms with E-state index in [1.807, 2.05) is 6.20 Å². The maximum absolute atomic E-state index is 5.55. The number of hydrogen-bond acceptors (Lipinski definition) is 2. The molecular formula is C67H41N3. The first-order chi connectivity index (χ1) is 34.7. The Labute approximate surface area is 405 Å². The van der Waals surface area contributed by atoms with Gasteiger partial charge in [-0.05, 0) is 114 Å². The van der Waals surface area contributed by atoms with Crippen molar-refractivity contribution in [1.29, 1.82) is 0 Å². The Morgan fingerprint density at radius 1 is 0.286 bits per heavy atom. The van der Waals surface area contributed by atoms with E-state index in [0.717, 1.165) is 39.2 Å². The standard InChI is InChI=1S/C67H41N3/c1-3-20-42(21-4-1)65(43-22-5-2-6-23-43)54-32-15-16-33-55(54)67(56-34-19-37-68-63(56)64-60(67)38-44(41-69-64)70-61-35-17-10-27-48(61)49-28-11-18-36-62(49)70)58-39-50-47-26-9-14-31-53(47)66(57(50)40-59(58)65)51-29-12-7-24-45(51)46-25-8-13-30-52(46)66/h1-41H. The van der Waals surface area contributed by atoms with Crippen LogP contribution in [0.15, 0.2) is 249 Å². The second kappa shape index (κ2) is 13.6. The molecule has 1 unspecified atom stereocenters. The Hall–Kier alpha value is -8.92. The summed E-state index contributed by atoms with van der Waals surface area (Å²) in [6, 6.07) is 89.1. The van der Waals surface area contributed by atoms with Crippen molar-refractivity contribution < 1.29 is 0 Å². The van der Waals surface area contributed by atoms with Gasteiger partial charge in [0.05, 0.1) is 50.6 Å². The first kappa shape index (κ1) is 38.1. The van der Waals surface area contributed by atoms with Crippen LogP contribution in [-0.2, 0) is 16.2 Å². The highest BCUT2D eigenvalue weighted by Crippen LogP contribution is 2.68. The Morgan fingerprint density at radius 3 is 1.33 bits per heavy atom.